The summed E-state index contributed by atoms with van der Waals surface area (Å²) in [6, 6.07) is 3.91. The number of carbonyl (C=O) groups is 1. The molecule has 7 heteroatoms. The average Bonchev–Trinajstić information content (AvgIpc) is 2.34. The smallest absolute Gasteiger partial charge is 0.333 e. The number of nitrogens with one attached hydrogen (secondary N) is 1. The third-order valence-corrected chi connectivity index (χ3v) is 2.69. The molecule has 0 heterocycles. The van der Waals surface area contributed by atoms with Crippen LogP contribution in [-0.2, 0) is 4.79 Å². The Kier molecular flexibility index (Phi) is 4.68. The lowest BCUT2D eigenvalue weighted by Crippen LogP contribution is -2.39. The molecule has 0 aliphatic rings. The fourth-order valence-corrected chi connectivity index (χ4v) is 1.73. The topological polar surface area (TPSA) is 107 Å². The van der Waals surface area contributed by atoms with Crippen LogP contribution in [0.3, 0.4) is 0 Å². The molecule has 1 aromatic carbocycles. The fraction of sp³-hybridized carbons (Fsp3) is 0.417. The highest BCUT2D eigenvalue weighted by Gasteiger charge is 2.26. The van der Waals surface area contributed by atoms with Gasteiger partial charge in [0.2, 0.25) is 5.91 Å². The van der Waals surface area contributed by atoms with Crippen LogP contribution in [0.1, 0.15) is 13.8 Å². The van der Waals surface area contributed by atoms with E-state index in [0.29, 0.717) is 0 Å². The van der Waals surface area contributed by atoms with E-state index < -0.39 is 16.9 Å². The van der Waals surface area contributed by atoms with Crippen molar-refractivity contribution in [2.45, 2.75) is 19.9 Å². The predicted molar refractivity (Wildman–Crippen MR) is 71.1 cm³/mol. The zero-order valence-corrected chi connectivity index (χ0v) is 11.0. The second-order valence-electron chi connectivity index (χ2n) is 4.38. The summed E-state index contributed by atoms with van der Waals surface area (Å²) in [6.07, 6.45) is 0. The average molecular weight is 267 g/mol. The highest BCUT2D eigenvalue weighted by molar-refractivity contribution is 5.84. The van der Waals surface area contributed by atoms with Crippen LogP contribution in [0.25, 0.3) is 0 Å². The summed E-state index contributed by atoms with van der Waals surface area (Å²) in [5.41, 5.74) is 5.28. The van der Waals surface area contributed by atoms with Crippen LogP contribution in [0.15, 0.2) is 18.2 Å². The fourth-order valence-electron chi connectivity index (χ4n) is 1.73. The van der Waals surface area contributed by atoms with E-state index in [0.717, 1.165) is 0 Å². The van der Waals surface area contributed by atoms with Gasteiger partial charge in [-0.05, 0) is 18.1 Å². The third-order valence-electron chi connectivity index (χ3n) is 2.69. The predicted octanol–water partition coefficient (Wildman–Crippen LogP) is 1.53. The van der Waals surface area contributed by atoms with Crippen molar-refractivity contribution in [2.24, 2.45) is 11.7 Å². The molecule has 0 bridgehead atoms. The first-order valence-electron chi connectivity index (χ1n) is 5.75. The van der Waals surface area contributed by atoms with Gasteiger partial charge in [0.05, 0.1) is 12.0 Å². The van der Waals surface area contributed by atoms with E-state index >= 15 is 0 Å². The number of nitro benzene ring substituents is 1. The molecule has 0 saturated heterocycles. The van der Waals surface area contributed by atoms with Gasteiger partial charge in [0.25, 0.3) is 0 Å². The van der Waals surface area contributed by atoms with Crippen LogP contribution in [0, 0.1) is 16.0 Å². The van der Waals surface area contributed by atoms with Gasteiger partial charge in [-0.1, -0.05) is 19.9 Å². The largest absolute Gasteiger partial charge is 0.490 e. The first-order valence-corrected chi connectivity index (χ1v) is 5.75. The number of nitrogens with two attached hydrogens (primary N) is 1. The van der Waals surface area contributed by atoms with E-state index in [9.17, 15) is 14.9 Å². The molecule has 1 rings (SSSR count). The molecular weight excluding hydrogens is 250 g/mol. The molecule has 0 aromatic heterocycles. The van der Waals surface area contributed by atoms with Crippen LogP contribution < -0.4 is 15.8 Å². The first kappa shape index (κ1) is 14.7. The molecule has 7 nitrogen and oxygen atoms in total. The van der Waals surface area contributed by atoms with Gasteiger partial charge in [0.15, 0.2) is 5.75 Å². The Labute approximate surface area is 110 Å². The number of primary amides is 1. The summed E-state index contributed by atoms with van der Waals surface area (Å²) in [6.45, 7) is 3.60. The van der Waals surface area contributed by atoms with Gasteiger partial charge in [-0.25, -0.2) is 0 Å². The van der Waals surface area contributed by atoms with Crippen molar-refractivity contribution in [3.63, 3.8) is 0 Å². The number of amides is 1. The number of methoxy groups -OCH3 is 1. The zero-order valence-electron chi connectivity index (χ0n) is 11.0. The molecule has 0 spiro atoms. The Morgan fingerprint density at radius 3 is 2.53 bits per heavy atom. The van der Waals surface area contributed by atoms with Gasteiger partial charge >= 0.3 is 5.69 Å². The lowest BCUT2D eigenvalue weighted by molar-refractivity contribution is -0.384. The van der Waals surface area contributed by atoms with Crippen LogP contribution in [0.2, 0.25) is 0 Å². The van der Waals surface area contributed by atoms with Crippen LogP contribution >= 0.6 is 0 Å². The molecule has 1 atom stereocenters. The minimum absolute atomic E-state index is 0.0942. The summed E-state index contributed by atoms with van der Waals surface area (Å²) in [7, 11) is 1.35. The lowest BCUT2D eigenvalue weighted by atomic mass is 10.0. The van der Waals surface area contributed by atoms with Crippen molar-refractivity contribution < 1.29 is 14.5 Å². The van der Waals surface area contributed by atoms with Crippen molar-refractivity contribution in [3.05, 3.63) is 28.3 Å². The lowest BCUT2D eigenvalue weighted by Gasteiger charge is -2.20. The quantitative estimate of drug-likeness (QED) is 0.600. The molecule has 19 heavy (non-hydrogen) atoms. The van der Waals surface area contributed by atoms with Crippen molar-refractivity contribution in [1.82, 2.24) is 0 Å². The van der Waals surface area contributed by atoms with E-state index in [1.54, 1.807) is 19.9 Å². The summed E-state index contributed by atoms with van der Waals surface area (Å²) < 4.78 is 4.95. The van der Waals surface area contributed by atoms with Crippen molar-refractivity contribution in [1.29, 1.82) is 0 Å². The molecule has 3 N–H and O–H groups in total. The van der Waals surface area contributed by atoms with E-state index in [1.807, 2.05) is 0 Å². The van der Waals surface area contributed by atoms with Crippen molar-refractivity contribution >= 4 is 17.3 Å². The van der Waals surface area contributed by atoms with Crippen molar-refractivity contribution in [3.8, 4) is 5.75 Å². The van der Waals surface area contributed by atoms with Gasteiger partial charge < -0.3 is 15.8 Å². The molecule has 1 amide bonds. The summed E-state index contributed by atoms with van der Waals surface area (Å²) in [4.78, 5) is 21.9. The Hall–Kier alpha value is -2.31. The maximum atomic E-state index is 11.3. The molecule has 0 aliphatic carbocycles. The Morgan fingerprint density at radius 1 is 1.47 bits per heavy atom. The summed E-state index contributed by atoms with van der Waals surface area (Å²) >= 11 is 0. The number of nitro groups is 1. The second kappa shape index (κ2) is 6.03. The Balaban J connectivity index is 3.20. The first-order chi connectivity index (χ1) is 8.88. The van der Waals surface area contributed by atoms with E-state index in [-0.39, 0.29) is 23.0 Å². The molecule has 0 aliphatic heterocycles. The number of hydrogen-bond acceptors (Lipinski definition) is 5. The third kappa shape index (κ3) is 3.34. The number of anilines is 1. The van der Waals surface area contributed by atoms with Crippen LogP contribution in [-0.4, -0.2) is 24.0 Å². The standard InChI is InChI=1S/C12H17N3O4/c1-7(2)10(12(13)16)14-8-5-4-6-9(19-3)11(8)15(17)18/h4-7,10,14H,1-3H3,(H2,13,16). The molecule has 0 radical (unpaired) electrons. The monoisotopic (exact) mass is 267 g/mol. The van der Waals surface area contributed by atoms with Crippen LogP contribution in [0.5, 0.6) is 5.75 Å². The number of para-hydroxylation sites is 1. The number of nitrogens with zero attached hydrogens (tertiary/aromatic N) is 1. The maximum absolute atomic E-state index is 11.3. The summed E-state index contributed by atoms with van der Waals surface area (Å²) in [5.74, 6) is -0.530. The minimum atomic E-state index is -0.689. The zero-order chi connectivity index (χ0) is 14.6. The number of ether oxygens (including phenoxy) is 1. The van der Waals surface area contributed by atoms with Crippen molar-refractivity contribution in [2.75, 3.05) is 12.4 Å². The normalized spacial score (nSPS) is 12.0. The van der Waals surface area contributed by atoms with Crippen LogP contribution in [0.4, 0.5) is 11.4 Å². The summed E-state index contributed by atoms with van der Waals surface area (Å²) in [5, 5.41) is 13.9. The Bertz CT molecular complexity index is 488. The maximum Gasteiger partial charge on any atom is 0.333 e. The second-order valence-corrected chi connectivity index (χ2v) is 4.38. The highest BCUT2D eigenvalue weighted by atomic mass is 16.6. The Morgan fingerprint density at radius 2 is 2.11 bits per heavy atom. The number of rotatable bonds is 6. The number of carbonyl (C=O) groups excluding carboxylic acids is 1. The molecule has 104 valence electrons. The molecule has 0 fully saturated rings. The molecule has 0 saturated carbocycles. The van der Waals surface area contributed by atoms with E-state index in [4.69, 9.17) is 10.5 Å². The molecule has 1 aromatic rings. The highest BCUT2D eigenvalue weighted by Crippen LogP contribution is 2.35. The van der Waals surface area contributed by atoms with Gasteiger partial charge in [0, 0.05) is 0 Å². The molecular formula is C12H17N3O4. The minimum Gasteiger partial charge on any atom is -0.490 e. The molecule has 1 unspecified atom stereocenters. The van der Waals surface area contributed by atoms with Gasteiger partial charge in [-0.3, -0.25) is 14.9 Å². The van der Waals surface area contributed by atoms with E-state index in [1.165, 1.54) is 19.2 Å². The number of hydrogen-bond donors (Lipinski definition) is 2. The van der Waals surface area contributed by atoms with Gasteiger partial charge in [-0.2, -0.15) is 0 Å². The van der Waals surface area contributed by atoms with E-state index in [2.05, 4.69) is 5.32 Å². The van der Waals surface area contributed by atoms with Gasteiger partial charge in [-0.15, -0.1) is 0 Å². The number of benzene rings is 1. The SMILES string of the molecule is COc1cccc(NC(C(N)=O)C(C)C)c1[N+](=O)[O-]. The van der Waals surface area contributed by atoms with Gasteiger partial charge in [0.1, 0.15) is 11.7 Å².